The Morgan fingerprint density at radius 3 is 2.67 bits per heavy atom. The van der Waals surface area contributed by atoms with Gasteiger partial charge in [-0.2, -0.15) is 0 Å². The first kappa shape index (κ1) is 18.1. The highest BCUT2D eigenvalue weighted by atomic mass is 32.1. The lowest BCUT2D eigenvalue weighted by Gasteiger charge is -2.21. The molecule has 4 nitrogen and oxygen atoms in total. The maximum absolute atomic E-state index is 12.2. The van der Waals surface area contributed by atoms with Gasteiger partial charge in [-0.05, 0) is 31.1 Å². The van der Waals surface area contributed by atoms with Crippen molar-refractivity contribution in [1.82, 2.24) is 10.3 Å². The number of hydrogen-bond acceptors (Lipinski definition) is 4. The topological polar surface area (TPSA) is 62.2 Å². The molecule has 1 rings (SSSR count). The molecule has 0 fully saturated rings. The van der Waals surface area contributed by atoms with Crippen LogP contribution >= 0.6 is 11.3 Å². The van der Waals surface area contributed by atoms with Crippen molar-refractivity contribution in [2.45, 2.75) is 53.9 Å². The number of aryl methyl sites for hydroxylation is 1. The van der Waals surface area contributed by atoms with E-state index in [1.54, 1.807) is 0 Å². The molecule has 0 aliphatic carbocycles. The first-order chi connectivity index (χ1) is 9.75. The van der Waals surface area contributed by atoms with Gasteiger partial charge in [0.2, 0.25) is 0 Å². The molecule has 0 spiro atoms. The van der Waals surface area contributed by atoms with Gasteiger partial charge in [0.25, 0.3) is 5.91 Å². The normalized spacial score (nSPS) is 12.0. The van der Waals surface area contributed by atoms with Gasteiger partial charge in [-0.25, -0.2) is 4.98 Å². The summed E-state index contributed by atoms with van der Waals surface area (Å²) in [5.74, 6) is 0.522. The van der Waals surface area contributed by atoms with Crippen LogP contribution in [-0.2, 0) is 6.42 Å². The lowest BCUT2D eigenvalue weighted by Crippen LogP contribution is -2.26. The smallest absolute Gasteiger partial charge is 0.263 e. The van der Waals surface area contributed by atoms with E-state index in [0.717, 1.165) is 34.8 Å². The maximum atomic E-state index is 12.2. The maximum Gasteiger partial charge on any atom is 0.263 e. The molecular weight excluding hydrogens is 284 g/mol. The standard InChI is InChI=1S/C16H28N2O2S/c1-11(2)9-13-18-12(3)14(21-13)15(20)17-8-6-7-16(4,5)10-19/h11,19H,6-10H2,1-5H3,(H,17,20). The first-order valence-electron chi connectivity index (χ1n) is 7.60. The number of carbonyl (C=O) groups excluding carboxylic acids is 1. The van der Waals surface area contributed by atoms with E-state index >= 15 is 0 Å². The van der Waals surface area contributed by atoms with Crippen LogP contribution in [0.1, 0.15) is 60.9 Å². The van der Waals surface area contributed by atoms with Gasteiger partial charge in [0.05, 0.1) is 10.7 Å². The minimum atomic E-state index is -0.0738. The predicted octanol–water partition coefficient (Wildman–Crippen LogP) is 3.18. The van der Waals surface area contributed by atoms with Crippen LogP contribution in [0.5, 0.6) is 0 Å². The van der Waals surface area contributed by atoms with Gasteiger partial charge in [0.1, 0.15) is 4.88 Å². The monoisotopic (exact) mass is 312 g/mol. The third kappa shape index (κ3) is 6.14. The number of aliphatic hydroxyl groups excluding tert-OH is 1. The second-order valence-corrected chi connectivity index (χ2v) is 7.89. The van der Waals surface area contributed by atoms with Crippen molar-refractivity contribution in [3.63, 3.8) is 0 Å². The number of thiazole rings is 1. The van der Waals surface area contributed by atoms with E-state index in [4.69, 9.17) is 0 Å². The summed E-state index contributed by atoms with van der Waals surface area (Å²) in [5.41, 5.74) is 0.749. The highest BCUT2D eigenvalue weighted by molar-refractivity contribution is 7.13. The number of hydrogen-bond donors (Lipinski definition) is 2. The fraction of sp³-hybridized carbons (Fsp3) is 0.750. The minimum absolute atomic E-state index is 0.0261. The second kappa shape index (κ2) is 7.90. The highest BCUT2D eigenvalue weighted by Gasteiger charge is 2.17. The molecule has 0 aromatic carbocycles. The summed E-state index contributed by atoms with van der Waals surface area (Å²) in [6.07, 6.45) is 2.68. The fourth-order valence-corrected chi connectivity index (χ4v) is 3.22. The van der Waals surface area contributed by atoms with Crippen LogP contribution in [0.25, 0.3) is 0 Å². The summed E-state index contributed by atoms with van der Waals surface area (Å²) >= 11 is 1.50. The summed E-state index contributed by atoms with van der Waals surface area (Å²) in [6.45, 7) is 11.1. The van der Waals surface area contributed by atoms with Crippen LogP contribution in [0.2, 0.25) is 0 Å². The van der Waals surface area contributed by atoms with Crippen molar-refractivity contribution in [1.29, 1.82) is 0 Å². The Labute approximate surface area is 132 Å². The fourth-order valence-electron chi connectivity index (χ4n) is 2.03. The van der Waals surface area contributed by atoms with E-state index in [1.807, 2.05) is 20.8 Å². The Kier molecular flexibility index (Phi) is 6.81. The summed E-state index contributed by atoms with van der Waals surface area (Å²) in [7, 11) is 0. The van der Waals surface area contributed by atoms with Crippen molar-refractivity contribution in [3.05, 3.63) is 15.6 Å². The Morgan fingerprint density at radius 2 is 2.10 bits per heavy atom. The average molecular weight is 312 g/mol. The van der Waals surface area contributed by atoms with E-state index in [0.29, 0.717) is 12.5 Å². The quantitative estimate of drug-likeness (QED) is 0.725. The van der Waals surface area contributed by atoms with Crippen LogP contribution in [0.4, 0.5) is 0 Å². The van der Waals surface area contributed by atoms with Gasteiger partial charge in [-0.15, -0.1) is 11.3 Å². The van der Waals surface area contributed by atoms with Gasteiger partial charge in [0.15, 0.2) is 0 Å². The molecule has 1 amide bonds. The Balaban J connectivity index is 2.47. The zero-order valence-electron chi connectivity index (χ0n) is 13.8. The largest absolute Gasteiger partial charge is 0.396 e. The van der Waals surface area contributed by atoms with E-state index in [-0.39, 0.29) is 17.9 Å². The van der Waals surface area contributed by atoms with Crippen LogP contribution in [0.15, 0.2) is 0 Å². The highest BCUT2D eigenvalue weighted by Crippen LogP contribution is 2.22. The molecule has 120 valence electrons. The van der Waals surface area contributed by atoms with Crippen molar-refractivity contribution in [3.8, 4) is 0 Å². The molecule has 21 heavy (non-hydrogen) atoms. The zero-order chi connectivity index (χ0) is 16.0. The van der Waals surface area contributed by atoms with Crippen molar-refractivity contribution in [2.24, 2.45) is 11.3 Å². The lowest BCUT2D eigenvalue weighted by molar-refractivity contribution is 0.0952. The summed E-state index contributed by atoms with van der Waals surface area (Å²) < 4.78 is 0. The van der Waals surface area contributed by atoms with Crippen molar-refractivity contribution in [2.75, 3.05) is 13.2 Å². The number of nitrogens with one attached hydrogen (secondary N) is 1. The molecule has 0 unspecified atom stereocenters. The molecule has 0 aliphatic heterocycles. The number of amides is 1. The lowest BCUT2D eigenvalue weighted by atomic mass is 9.89. The van der Waals surface area contributed by atoms with Crippen molar-refractivity contribution >= 4 is 17.2 Å². The van der Waals surface area contributed by atoms with E-state index in [1.165, 1.54) is 11.3 Å². The zero-order valence-corrected chi connectivity index (χ0v) is 14.6. The van der Waals surface area contributed by atoms with Gasteiger partial charge in [-0.1, -0.05) is 27.7 Å². The SMILES string of the molecule is Cc1nc(CC(C)C)sc1C(=O)NCCCC(C)(C)CO. The van der Waals surface area contributed by atoms with E-state index in [9.17, 15) is 9.90 Å². The number of aromatic nitrogens is 1. The van der Waals surface area contributed by atoms with Crippen LogP contribution in [0, 0.1) is 18.3 Å². The Hall–Kier alpha value is -0.940. The number of carbonyl (C=O) groups is 1. The Morgan fingerprint density at radius 1 is 1.43 bits per heavy atom. The second-order valence-electron chi connectivity index (χ2n) is 6.80. The molecule has 0 atom stereocenters. The molecule has 0 aliphatic rings. The molecule has 5 heteroatoms. The third-order valence-electron chi connectivity index (χ3n) is 3.37. The molecular formula is C16H28N2O2S. The van der Waals surface area contributed by atoms with Gasteiger partial charge >= 0.3 is 0 Å². The molecule has 0 radical (unpaired) electrons. The van der Waals surface area contributed by atoms with Crippen LogP contribution in [0.3, 0.4) is 0 Å². The van der Waals surface area contributed by atoms with E-state index < -0.39 is 0 Å². The molecule has 0 saturated heterocycles. The molecule has 0 bridgehead atoms. The number of rotatable bonds is 8. The summed E-state index contributed by atoms with van der Waals surface area (Å²) in [4.78, 5) is 17.4. The number of aliphatic hydroxyl groups is 1. The van der Waals surface area contributed by atoms with Crippen molar-refractivity contribution < 1.29 is 9.90 Å². The number of nitrogens with zero attached hydrogens (tertiary/aromatic N) is 1. The Bertz CT molecular complexity index is 467. The van der Waals surface area contributed by atoms with Gasteiger partial charge in [-0.3, -0.25) is 4.79 Å². The van der Waals surface area contributed by atoms with Crippen LogP contribution in [-0.4, -0.2) is 29.1 Å². The molecule has 1 heterocycles. The summed E-state index contributed by atoms with van der Waals surface area (Å²) in [6, 6.07) is 0. The molecule has 1 aromatic rings. The molecule has 0 saturated carbocycles. The third-order valence-corrected chi connectivity index (χ3v) is 4.55. The summed E-state index contributed by atoms with van der Waals surface area (Å²) in [5, 5.41) is 13.2. The van der Waals surface area contributed by atoms with Gasteiger partial charge in [0, 0.05) is 19.6 Å². The minimum Gasteiger partial charge on any atom is -0.396 e. The van der Waals surface area contributed by atoms with E-state index in [2.05, 4.69) is 24.1 Å². The first-order valence-corrected chi connectivity index (χ1v) is 8.42. The molecule has 1 aromatic heterocycles. The van der Waals surface area contributed by atoms with Crippen LogP contribution < -0.4 is 5.32 Å². The van der Waals surface area contributed by atoms with Gasteiger partial charge < -0.3 is 10.4 Å². The average Bonchev–Trinajstić information content (AvgIpc) is 2.74. The molecule has 2 N–H and O–H groups in total. The predicted molar refractivity (Wildman–Crippen MR) is 87.8 cm³/mol.